The van der Waals surface area contributed by atoms with E-state index >= 15 is 0 Å². The van der Waals surface area contributed by atoms with Crippen LogP contribution in [0.25, 0.3) is 22.0 Å². The molecule has 4 heteroatoms. The fraction of sp³-hybridized carbons (Fsp3) is 0.192. The van der Waals surface area contributed by atoms with Crippen molar-refractivity contribution in [2.75, 3.05) is 5.32 Å². The highest BCUT2D eigenvalue weighted by molar-refractivity contribution is 6.09. The standard InChI is InChI=1S/C26H23N3O/c1-16-11-13-20-19-9-5-6-10-22(19)27-24(20)26(29-16)21-15-18(17-7-3-2-4-8-17)12-14-23(21)28-25(26)30/h2-10,12,14-16,27,29H,11,13H2,1H3,(H,28,30). The molecular formula is C26H23N3O. The van der Waals surface area contributed by atoms with Gasteiger partial charge < -0.3 is 10.3 Å². The Morgan fingerprint density at radius 2 is 1.73 bits per heavy atom. The van der Waals surface area contributed by atoms with Gasteiger partial charge in [0.1, 0.15) is 0 Å². The molecule has 30 heavy (non-hydrogen) atoms. The summed E-state index contributed by atoms with van der Waals surface area (Å²) in [5, 5.41) is 8.07. The largest absolute Gasteiger partial charge is 0.356 e. The third kappa shape index (κ3) is 2.34. The zero-order valence-electron chi connectivity index (χ0n) is 16.8. The molecule has 1 aromatic heterocycles. The number of para-hydroxylation sites is 1. The topological polar surface area (TPSA) is 56.9 Å². The Morgan fingerprint density at radius 3 is 2.60 bits per heavy atom. The van der Waals surface area contributed by atoms with Crippen LogP contribution in [0.3, 0.4) is 0 Å². The smallest absolute Gasteiger partial charge is 0.255 e. The molecule has 2 aliphatic rings. The van der Waals surface area contributed by atoms with Crippen molar-refractivity contribution in [1.29, 1.82) is 0 Å². The Hall–Kier alpha value is -3.37. The summed E-state index contributed by atoms with van der Waals surface area (Å²) in [6.07, 6.45) is 1.92. The fourth-order valence-corrected chi connectivity index (χ4v) is 5.16. The lowest BCUT2D eigenvalue weighted by molar-refractivity contribution is -0.120. The van der Waals surface area contributed by atoms with Gasteiger partial charge in [0.25, 0.3) is 5.91 Å². The average molecular weight is 393 g/mol. The van der Waals surface area contributed by atoms with E-state index in [2.05, 4.69) is 65.0 Å². The second-order valence-corrected chi connectivity index (χ2v) is 8.44. The van der Waals surface area contributed by atoms with Crippen molar-refractivity contribution in [2.24, 2.45) is 0 Å². The maximum atomic E-state index is 13.6. The monoisotopic (exact) mass is 393 g/mol. The highest BCUT2D eigenvalue weighted by atomic mass is 16.2. The summed E-state index contributed by atoms with van der Waals surface area (Å²) in [5.41, 5.74) is 6.53. The first kappa shape index (κ1) is 17.5. The quantitative estimate of drug-likeness (QED) is 0.428. The third-order valence-corrected chi connectivity index (χ3v) is 6.60. The molecule has 148 valence electrons. The van der Waals surface area contributed by atoms with Crippen molar-refractivity contribution >= 4 is 22.5 Å². The fourth-order valence-electron chi connectivity index (χ4n) is 5.16. The number of hydrogen-bond acceptors (Lipinski definition) is 2. The van der Waals surface area contributed by atoms with E-state index in [1.54, 1.807) is 0 Å². The van der Waals surface area contributed by atoms with Gasteiger partial charge >= 0.3 is 0 Å². The van der Waals surface area contributed by atoms with Crippen molar-refractivity contribution in [3.05, 3.63) is 89.6 Å². The first-order valence-corrected chi connectivity index (χ1v) is 10.6. The number of hydrogen-bond donors (Lipinski definition) is 3. The predicted octanol–water partition coefficient (Wildman–Crippen LogP) is 4.95. The van der Waals surface area contributed by atoms with Gasteiger partial charge in [0.05, 0.1) is 5.69 Å². The minimum Gasteiger partial charge on any atom is -0.356 e. The van der Waals surface area contributed by atoms with E-state index in [0.29, 0.717) is 0 Å². The number of aryl methyl sites for hydroxylation is 1. The third-order valence-electron chi connectivity index (χ3n) is 6.60. The molecule has 0 saturated heterocycles. The van der Waals surface area contributed by atoms with Gasteiger partial charge in [0.2, 0.25) is 0 Å². The summed E-state index contributed by atoms with van der Waals surface area (Å²) < 4.78 is 0. The number of anilines is 1. The van der Waals surface area contributed by atoms with E-state index in [0.717, 1.165) is 46.4 Å². The van der Waals surface area contributed by atoms with Crippen LogP contribution in [0.5, 0.6) is 0 Å². The number of aromatic amines is 1. The van der Waals surface area contributed by atoms with Gasteiger partial charge in [-0.15, -0.1) is 0 Å². The van der Waals surface area contributed by atoms with Crippen LogP contribution in [0, 0.1) is 0 Å². The highest BCUT2D eigenvalue weighted by Crippen LogP contribution is 2.46. The molecule has 2 unspecified atom stereocenters. The number of nitrogens with one attached hydrogen (secondary N) is 3. The van der Waals surface area contributed by atoms with Gasteiger partial charge in [-0.25, -0.2) is 0 Å². The van der Waals surface area contributed by atoms with E-state index in [1.807, 2.05) is 30.3 Å². The summed E-state index contributed by atoms with van der Waals surface area (Å²) >= 11 is 0. The summed E-state index contributed by atoms with van der Waals surface area (Å²) in [6.45, 7) is 2.17. The molecular weight excluding hydrogens is 370 g/mol. The Labute approximate surface area is 175 Å². The van der Waals surface area contributed by atoms with Crippen molar-refractivity contribution < 1.29 is 4.79 Å². The molecule has 1 spiro atoms. The van der Waals surface area contributed by atoms with E-state index in [1.165, 1.54) is 10.9 Å². The zero-order chi connectivity index (χ0) is 20.3. The number of rotatable bonds is 1. The number of carbonyl (C=O) groups is 1. The lowest BCUT2D eigenvalue weighted by Crippen LogP contribution is -2.52. The van der Waals surface area contributed by atoms with Crippen LogP contribution in [0.2, 0.25) is 0 Å². The number of H-pyrrole nitrogens is 1. The molecule has 3 N–H and O–H groups in total. The van der Waals surface area contributed by atoms with E-state index in [4.69, 9.17) is 0 Å². The van der Waals surface area contributed by atoms with Gasteiger partial charge in [-0.05, 0) is 54.7 Å². The molecule has 2 atom stereocenters. The van der Waals surface area contributed by atoms with Gasteiger partial charge in [0.15, 0.2) is 5.54 Å². The van der Waals surface area contributed by atoms with Gasteiger partial charge in [-0.2, -0.15) is 0 Å². The average Bonchev–Trinajstić information content (AvgIpc) is 3.23. The Kier molecular flexibility index (Phi) is 3.68. The van der Waals surface area contributed by atoms with Crippen LogP contribution >= 0.6 is 0 Å². The van der Waals surface area contributed by atoms with Gasteiger partial charge in [-0.1, -0.05) is 54.6 Å². The number of aromatic nitrogens is 1. The summed E-state index contributed by atoms with van der Waals surface area (Å²) in [4.78, 5) is 17.2. The zero-order valence-corrected chi connectivity index (χ0v) is 16.8. The Bertz CT molecular complexity index is 1290. The van der Waals surface area contributed by atoms with Crippen LogP contribution in [0.15, 0.2) is 72.8 Å². The van der Waals surface area contributed by atoms with Crippen LogP contribution in [0.4, 0.5) is 5.69 Å². The number of benzene rings is 3. The molecule has 3 aromatic carbocycles. The second kappa shape index (κ2) is 6.31. The maximum absolute atomic E-state index is 13.6. The van der Waals surface area contributed by atoms with E-state index in [9.17, 15) is 4.79 Å². The molecule has 3 heterocycles. The molecule has 0 aliphatic carbocycles. The summed E-state index contributed by atoms with van der Waals surface area (Å²) in [6, 6.07) is 25.2. The van der Waals surface area contributed by atoms with Crippen molar-refractivity contribution in [2.45, 2.75) is 31.3 Å². The van der Waals surface area contributed by atoms with Crippen LogP contribution in [-0.2, 0) is 16.8 Å². The van der Waals surface area contributed by atoms with Crippen molar-refractivity contribution in [1.82, 2.24) is 10.3 Å². The summed E-state index contributed by atoms with van der Waals surface area (Å²) in [5.74, 6) is -0.00994. The van der Waals surface area contributed by atoms with Crippen molar-refractivity contribution in [3.8, 4) is 11.1 Å². The van der Waals surface area contributed by atoms with E-state index < -0.39 is 5.54 Å². The predicted molar refractivity (Wildman–Crippen MR) is 121 cm³/mol. The molecule has 0 bridgehead atoms. The molecule has 0 saturated carbocycles. The van der Waals surface area contributed by atoms with Crippen LogP contribution in [0.1, 0.15) is 30.2 Å². The van der Waals surface area contributed by atoms with E-state index in [-0.39, 0.29) is 11.9 Å². The lowest BCUT2D eigenvalue weighted by Gasteiger charge is -2.30. The summed E-state index contributed by atoms with van der Waals surface area (Å²) in [7, 11) is 0. The molecule has 2 aliphatic heterocycles. The highest BCUT2D eigenvalue weighted by Gasteiger charge is 2.52. The van der Waals surface area contributed by atoms with Crippen LogP contribution < -0.4 is 10.6 Å². The lowest BCUT2D eigenvalue weighted by atomic mass is 9.84. The number of amides is 1. The van der Waals surface area contributed by atoms with Crippen molar-refractivity contribution in [3.63, 3.8) is 0 Å². The molecule has 0 fully saturated rings. The molecule has 4 nitrogen and oxygen atoms in total. The minimum absolute atomic E-state index is 0.00994. The number of fused-ring (bicyclic) bond motifs is 6. The Balaban J connectivity index is 1.64. The van der Waals surface area contributed by atoms with Crippen LogP contribution in [-0.4, -0.2) is 16.9 Å². The molecule has 4 aromatic rings. The molecule has 6 rings (SSSR count). The number of carbonyl (C=O) groups excluding carboxylic acids is 1. The van der Waals surface area contributed by atoms with Gasteiger partial charge in [-0.3, -0.25) is 10.1 Å². The minimum atomic E-state index is -0.912. The first-order chi connectivity index (χ1) is 14.7. The SMILES string of the molecule is CC1CCc2c([nH]c3ccccc23)C2(N1)C(=O)Nc1ccc(-c3ccccc3)cc12. The molecule has 0 radical (unpaired) electrons. The molecule has 1 amide bonds. The normalized spacial score (nSPS) is 22.6. The Morgan fingerprint density at radius 1 is 0.933 bits per heavy atom. The van der Waals surface area contributed by atoms with Gasteiger partial charge in [0, 0.05) is 28.2 Å². The maximum Gasteiger partial charge on any atom is 0.255 e. The first-order valence-electron chi connectivity index (χ1n) is 10.6. The second-order valence-electron chi connectivity index (χ2n) is 8.44.